The molecular weight excluding hydrogens is 264 g/mol. The summed E-state index contributed by atoms with van der Waals surface area (Å²) in [4.78, 5) is 0. The molecule has 0 atom stereocenters. The molecule has 0 amide bonds. The zero-order chi connectivity index (χ0) is 15.4. The number of benzene rings is 1. The second-order valence-corrected chi connectivity index (χ2v) is 4.99. The van der Waals surface area contributed by atoms with Crippen molar-refractivity contribution in [2.24, 2.45) is 5.73 Å². The standard InChI is InChI=1S/C16H20N4O/c1-11-15(6-7-17)12(2)20(19-11)10-13-4-5-14(9-18)16(8-13)21-3/h4-5,8H,6-7,10,17H2,1-3H3. The van der Waals surface area contributed by atoms with Crippen molar-refractivity contribution in [2.75, 3.05) is 13.7 Å². The van der Waals surface area contributed by atoms with Crippen molar-refractivity contribution in [1.29, 1.82) is 5.26 Å². The van der Waals surface area contributed by atoms with Crippen molar-refractivity contribution >= 4 is 0 Å². The van der Waals surface area contributed by atoms with Crippen molar-refractivity contribution < 1.29 is 4.74 Å². The van der Waals surface area contributed by atoms with Crippen LogP contribution in [0.1, 0.15) is 28.1 Å². The van der Waals surface area contributed by atoms with Gasteiger partial charge in [-0.2, -0.15) is 10.4 Å². The molecule has 21 heavy (non-hydrogen) atoms. The van der Waals surface area contributed by atoms with Gasteiger partial charge in [-0.05, 0) is 50.1 Å². The van der Waals surface area contributed by atoms with Gasteiger partial charge in [0.1, 0.15) is 11.8 Å². The number of methoxy groups -OCH3 is 1. The van der Waals surface area contributed by atoms with E-state index in [1.54, 1.807) is 13.2 Å². The van der Waals surface area contributed by atoms with E-state index < -0.39 is 0 Å². The molecule has 1 aromatic carbocycles. The Balaban J connectivity index is 2.31. The van der Waals surface area contributed by atoms with E-state index in [9.17, 15) is 0 Å². The number of aryl methyl sites for hydroxylation is 1. The molecule has 5 nitrogen and oxygen atoms in total. The quantitative estimate of drug-likeness (QED) is 0.910. The van der Waals surface area contributed by atoms with Crippen molar-refractivity contribution in [3.63, 3.8) is 0 Å². The van der Waals surface area contributed by atoms with Crippen LogP contribution in [0.15, 0.2) is 18.2 Å². The van der Waals surface area contributed by atoms with Crippen LogP contribution in [0.2, 0.25) is 0 Å². The first kappa shape index (κ1) is 15.1. The third kappa shape index (κ3) is 3.06. The maximum Gasteiger partial charge on any atom is 0.136 e. The van der Waals surface area contributed by atoms with Crippen molar-refractivity contribution in [1.82, 2.24) is 9.78 Å². The number of hydrogen-bond donors (Lipinski definition) is 1. The normalized spacial score (nSPS) is 10.4. The molecular formula is C16H20N4O. The van der Waals surface area contributed by atoms with E-state index in [0.29, 0.717) is 24.4 Å². The number of nitrogens with two attached hydrogens (primary N) is 1. The van der Waals surface area contributed by atoms with Crippen molar-refractivity contribution in [3.05, 3.63) is 46.3 Å². The molecule has 110 valence electrons. The first-order valence-corrected chi connectivity index (χ1v) is 6.90. The smallest absolute Gasteiger partial charge is 0.136 e. The highest BCUT2D eigenvalue weighted by Crippen LogP contribution is 2.21. The summed E-state index contributed by atoms with van der Waals surface area (Å²) < 4.78 is 7.22. The number of rotatable bonds is 5. The minimum atomic E-state index is 0.540. The minimum Gasteiger partial charge on any atom is -0.495 e. The van der Waals surface area contributed by atoms with Gasteiger partial charge in [0.05, 0.1) is 24.9 Å². The number of hydrogen-bond acceptors (Lipinski definition) is 4. The van der Waals surface area contributed by atoms with Crippen LogP contribution >= 0.6 is 0 Å². The Hall–Kier alpha value is -2.32. The predicted octanol–water partition coefficient (Wildman–Crippen LogP) is 1.93. The van der Waals surface area contributed by atoms with E-state index in [2.05, 4.69) is 18.1 Å². The van der Waals surface area contributed by atoms with Gasteiger partial charge in [0, 0.05) is 5.69 Å². The molecule has 2 N–H and O–H groups in total. The van der Waals surface area contributed by atoms with E-state index in [1.165, 1.54) is 5.56 Å². The molecule has 0 bridgehead atoms. The van der Waals surface area contributed by atoms with Gasteiger partial charge < -0.3 is 10.5 Å². The highest BCUT2D eigenvalue weighted by atomic mass is 16.5. The molecule has 0 radical (unpaired) electrons. The van der Waals surface area contributed by atoms with Crippen LogP contribution in [0.3, 0.4) is 0 Å². The summed E-state index contributed by atoms with van der Waals surface area (Å²) in [5.74, 6) is 0.596. The van der Waals surface area contributed by atoms with Gasteiger partial charge in [0.25, 0.3) is 0 Å². The number of ether oxygens (including phenoxy) is 1. The Morgan fingerprint density at radius 2 is 2.14 bits per heavy atom. The maximum atomic E-state index is 9.01. The molecule has 0 saturated carbocycles. The van der Waals surface area contributed by atoms with Crippen LogP contribution in [0.4, 0.5) is 0 Å². The summed E-state index contributed by atoms with van der Waals surface area (Å²) in [6, 6.07) is 7.71. The SMILES string of the molecule is COc1cc(Cn2nc(C)c(CCN)c2C)ccc1C#N. The summed E-state index contributed by atoms with van der Waals surface area (Å²) in [5.41, 5.74) is 10.6. The molecule has 1 heterocycles. The van der Waals surface area contributed by atoms with Gasteiger partial charge >= 0.3 is 0 Å². The third-order valence-electron chi connectivity index (χ3n) is 3.64. The second kappa shape index (κ2) is 6.42. The molecule has 0 aliphatic rings. The van der Waals surface area contributed by atoms with E-state index in [1.807, 2.05) is 23.7 Å². The fraction of sp³-hybridized carbons (Fsp3) is 0.375. The molecule has 5 heteroatoms. The van der Waals surface area contributed by atoms with Crippen LogP contribution in [-0.2, 0) is 13.0 Å². The van der Waals surface area contributed by atoms with Crippen LogP contribution in [0.5, 0.6) is 5.75 Å². The Kier molecular flexibility index (Phi) is 4.61. The van der Waals surface area contributed by atoms with Crippen LogP contribution in [0.25, 0.3) is 0 Å². The Bertz CT molecular complexity index is 682. The summed E-state index contributed by atoms with van der Waals surface area (Å²) in [5, 5.41) is 13.6. The topological polar surface area (TPSA) is 76.9 Å². The van der Waals surface area contributed by atoms with Gasteiger partial charge in [-0.15, -0.1) is 0 Å². The Morgan fingerprint density at radius 3 is 2.76 bits per heavy atom. The first-order chi connectivity index (χ1) is 10.1. The summed E-state index contributed by atoms with van der Waals surface area (Å²) in [6.07, 6.45) is 0.842. The van der Waals surface area contributed by atoms with Gasteiger partial charge in [-0.3, -0.25) is 4.68 Å². The first-order valence-electron chi connectivity index (χ1n) is 6.90. The molecule has 1 aromatic heterocycles. The van der Waals surface area contributed by atoms with Gasteiger partial charge in [0.2, 0.25) is 0 Å². The molecule has 0 fully saturated rings. The summed E-state index contributed by atoms with van der Waals surface area (Å²) in [6.45, 7) is 5.34. The predicted molar refractivity (Wildman–Crippen MR) is 81.3 cm³/mol. The lowest BCUT2D eigenvalue weighted by molar-refractivity contribution is 0.412. The highest BCUT2D eigenvalue weighted by Gasteiger charge is 2.12. The lowest BCUT2D eigenvalue weighted by Crippen LogP contribution is -2.07. The fourth-order valence-corrected chi connectivity index (χ4v) is 2.49. The van der Waals surface area contributed by atoms with Crippen molar-refractivity contribution in [3.8, 4) is 11.8 Å². The van der Waals surface area contributed by atoms with Crippen molar-refractivity contribution in [2.45, 2.75) is 26.8 Å². The minimum absolute atomic E-state index is 0.540. The highest BCUT2D eigenvalue weighted by molar-refractivity contribution is 5.45. The van der Waals surface area contributed by atoms with Crippen LogP contribution in [-0.4, -0.2) is 23.4 Å². The average Bonchev–Trinajstić information content (AvgIpc) is 2.75. The molecule has 0 aliphatic carbocycles. The van der Waals surface area contributed by atoms with Gasteiger partial charge in [-0.25, -0.2) is 0 Å². The van der Waals surface area contributed by atoms with E-state index in [4.69, 9.17) is 15.7 Å². The van der Waals surface area contributed by atoms with E-state index in [-0.39, 0.29) is 0 Å². The molecule has 0 spiro atoms. The van der Waals surface area contributed by atoms with E-state index >= 15 is 0 Å². The molecule has 0 aliphatic heterocycles. The third-order valence-corrected chi connectivity index (χ3v) is 3.64. The zero-order valence-electron chi connectivity index (χ0n) is 12.7. The Labute approximate surface area is 124 Å². The summed E-state index contributed by atoms with van der Waals surface area (Å²) in [7, 11) is 1.57. The lowest BCUT2D eigenvalue weighted by atomic mass is 10.1. The molecule has 0 unspecified atom stereocenters. The molecule has 0 saturated heterocycles. The second-order valence-electron chi connectivity index (χ2n) is 4.99. The van der Waals surface area contributed by atoms with Gasteiger partial charge in [-0.1, -0.05) is 6.07 Å². The largest absolute Gasteiger partial charge is 0.495 e. The van der Waals surface area contributed by atoms with E-state index in [0.717, 1.165) is 23.4 Å². The lowest BCUT2D eigenvalue weighted by Gasteiger charge is -2.08. The fourth-order valence-electron chi connectivity index (χ4n) is 2.49. The number of nitriles is 1. The average molecular weight is 284 g/mol. The van der Waals surface area contributed by atoms with Crippen LogP contribution in [0, 0.1) is 25.2 Å². The van der Waals surface area contributed by atoms with Crippen LogP contribution < -0.4 is 10.5 Å². The van der Waals surface area contributed by atoms with Gasteiger partial charge in [0.15, 0.2) is 0 Å². The molecule has 2 rings (SSSR count). The molecule has 2 aromatic rings. The monoisotopic (exact) mass is 284 g/mol. The zero-order valence-corrected chi connectivity index (χ0v) is 12.7. The Morgan fingerprint density at radius 1 is 1.38 bits per heavy atom. The summed E-state index contributed by atoms with van der Waals surface area (Å²) >= 11 is 0. The maximum absolute atomic E-state index is 9.01. The number of nitrogens with zero attached hydrogens (tertiary/aromatic N) is 3. The number of aromatic nitrogens is 2.